The summed E-state index contributed by atoms with van der Waals surface area (Å²) in [5.74, 6) is 0.0603. The molecule has 0 aromatic heterocycles. The number of hydrogen-bond donors (Lipinski definition) is 2. The molecule has 5 heteroatoms. The zero-order valence-electron chi connectivity index (χ0n) is 9.25. The van der Waals surface area contributed by atoms with Crippen LogP contribution in [-0.2, 0) is 14.3 Å². The maximum Gasteiger partial charge on any atom is 0.221 e. The lowest BCUT2D eigenvalue weighted by atomic mass is 10.3. The highest BCUT2D eigenvalue weighted by molar-refractivity contribution is 5.76. The first-order valence-electron chi connectivity index (χ1n) is 5.49. The fraction of sp³-hybridized carbons (Fsp3) is 0.900. The van der Waals surface area contributed by atoms with E-state index < -0.39 is 0 Å². The topological polar surface area (TPSA) is 59.6 Å². The van der Waals surface area contributed by atoms with Crippen molar-refractivity contribution in [2.24, 2.45) is 0 Å². The molecule has 0 spiro atoms. The molecule has 0 aromatic carbocycles. The summed E-state index contributed by atoms with van der Waals surface area (Å²) in [6.45, 7) is 6.05. The van der Waals surface area contributed by atoms with Crippen molar-refractivity contribution in [1.82, 2.24) is 10.6 Å². The third-order valence-corrected chi connectivity index (χ3v) is 2.19. The minimum absolute atomic E-state index is 0.0156. The molecule has 1 rings (SSSR count). The SMILES string of the molecule is CCNCCC(=O)NCC1COCCO1. The number of amides is 1. The second-order valence-electron chi connectivity index (χ2n) is 3.48. The number of hydrogen-bond acceptors (Lipinski definition) is 4. The van der Waals surface area contributed by atoms with Gasteiger partial charge in [-0.25, -0.2) is 0 Å². The monoisotopic (exact) mass is 216 g/mol. The Kier molecular flexibility index (Phi) is 6.31. The maximum absolute atomic E-state index is 11.3. The molecular formula is C10H20N2O3. The first-order valence-corrected chi connectivity index (χ1v) is 5.49. The van der Waals surface area contributed by atoms with E-state index in [0.29, 0.717) is 32.8 Å². The lowest BCUT2D eigenvalue weighted by molar-refractivity contribution is -0.123. The van der Waals surface area contributed by atoms with Crippen molar-refractivity contribution in [3.8, 4) is 0 Å². The largest absolute Gasteiger partial charge is 0.376 e. The summed E-state index contributed by atoms with van der Waals surface area (Å²) in [7, 11) is 0. The summed E-state index contributed by atoms with van der Waals surface area (Å²) >= 11 is 0. The fourth-order valence-corrected chi connectivity index (χ4v) is 1.35. The molecule has 1 unspecified atom stereocenters. The summed E-state index contributed by atoms with van der Waals surface area (Å²) < 4.78 is 10.6. The molecule has 1 aliphatic heterocycles. The Morgan fingerprint density at radius 2 is 2.33 bits per heavy atom. The minimum atomic E-state index is 0.0156. The predicted molar refractivity (Wildman–Crippen MR) is 56.7 cm³/mol. The standard InChI is InChI=1S/C10H20N2O3/c1-2-11-4-3-10(13)12-7-9-8-14-5-6-15-9/h9,11H,2-8H2,1H3,(H,12,13). The molecule has 15 heavy (non-hydrogen) atoms. The molecule has 1 atom stereocenters. The Morgan fingerprint density at radius 1 is 1.47 bits per heavy atom. The molecule has 1 saturated heterocycles. The van der Waals surface area contributed by atoms with E-state index in [2.05, 4.69) is 10.6 Å². The number of carbonyl (C=O) groups is 1. The zero-order valence-corrected chi connectivity index (χ0v) is 9.25. The molecule has 1 fully saturated rings. The van der Waals surface area contributed by atoms with Crippen molar-refractivity contribution >= 4 is 5.91 Å². The van der Waals surface area contributed by atoms with Crippen molar-refractivity contribution < 1.29 is 14.3 Å². The Morgan fingerprint density at radius 3 is 3.00 bits per heavy atom. The van der Waals surface area contributed by atoms with E-state index in [0.717, 1.165) is 13.1 Å². The second-order valence-corrected chi connectivity index (χ2v) is 3.48. The number of ether oxygens (including phenoxy) is 2. The molecule has 0 aliphatic carbocycles. The molecule has 0 aromatic rings. The molecule has 5 nitrogen and oxygen atoms in total. The van der Waals surface area contributed by atoms with Gasteiger partial charge in [0, 0.05) is 19.5 Å². The van der Waals surface area contributed by atoms with Crippen LogP contribution in [0, 0.1) is 0 Å². The Hall–Kier alpha value is -0.650. The van der Waals surface area contributed by atoms with Gasteiger partial charge in [0.05, 0.1) is 25.9 Å². The van der Waals surface area contributed by atoms with Crippen molar-refractivity contribution in [2.75, 3.05) is 39.5 Å². The van der Waals surface area contributed by atoms with Crippen molar-refractivity contribution in [3.63, 3.8) is 0 Å². The van der Waals surface area contributed by atoms with Gasteiger partial charge >= 0.3 is 0 Å². The van der Waals surface area contributed by atoms with Crippen LogP contribution in [0.4, 0.5) is 0 Å². The number of nitrogens with one attached hydrogen (secondary N) is 2. The Labute approximate surface area is 90.5 Å². The molecule has 0 radical (unpaired) electrons. The van der Waals surface area contributed by atoms with Crippen LogP contribution in [0.15, 0.2) is 0 Å². The maximum atomic E-state index is 11.3. The van der Waals surface area contributed by atoms with Crippen LogP contribution >= 0.6 is 0 Å². The molecule has 1 heterocycles. The fourth-order valence-electron chi connectivity index (χ4n) is 1.35. The Bertz CT molecular complexity index is 182. The van der Waals surface area contributed by atoms with E-state index in [9.17, 15) is 4.79 Å². The smallest absolute Gasteiger partial charge is 0.221 e. The average Bonchev–Trinajstić information content (AvgIpc) is 2.28. The number of rotatable bonds is 6. The van der Waals surface area contributed by atoms with Gasteiger partial charge in [-0.3, -0.25) is 4.79 Å². The molecule has 1 amide bonds. The zero-order chi connectivity index (χ0) is 10.9. The normalized spacial score (nSPS) is 21.3. The highest BCUT2D eigenvalue weighted by Gasteiger charge is 2.14. The molecule has 1 aliphatic rings. The first-order chi connectivity index (χ1) is 7.33. The van der Waals surface area contributed by atoms with Gasteiger partial charge in [0.15, 0.2) is 0 Å². The van der Waals surface area contributed by atoms with E-state index in [4.69, 9.17) is 9.47 Å². The van der Waals surface area contributed by atoms with Gasteiger partial charge in [0.25, 0.3) is 0 Å². The Balaban J connectivity index is 2.00. The second kappa shape index (κ2) is 7.62. The van der Waals surface area contributed by atoms with Crippen LogP contribution in [0.3, 0.4) is 0 Å². The summed E-state index contributed by atoms with van der Waals surface area (Å²) in [4.78, 5) is 11.3. The van der Waals surface area contributed by atoms with Crippen LogP contribution in [-0.4, -0.2) is 51.5 Å². The third-order valence-electron chi connectivity index (χ3n) is 2.19. The number of carbonyl (C=O) groups excluding carboxylic acids is 1. The quantitative estimate of drug-likeness (QED) is 0.589. The highest BCUT2D eigenvalue weighted by Crippen LogP contribution is 1.98. The van der Waals surface area contributed by atoms with Gasteiger partial charge in [-0.2, -0.15) is 0 Å². The predicted octanol–water partition coefficient (Wildman–Crippen LogP) is -0.482. The van der Waals surface area contributed by atoms with E-state index in [1.165, 1.54) is 0 Å². The molecule has 88 valence electrons. The van der Waals surface area contributed by atoms with Gasteiger partial charge in [0.2, 0.25) is 5.91 Å². The van der Waals surface area contributed by atoms with Gasteiger partial charge in [-0.05, 0) is 6.54 Å². The van der Waals surface area contributed by atoms with Gasteiger partial charge in [0.1, 0.15) is 0 Å². The summed E-state index contributed by atoms with van der Waals surface area (Å²) in [6, 6.07) is 0. The third kappa shape index (κ3) is 5.71. The van der Waals surface area contributed by atoms with Crippen molar-refractivity contribution in [3.05, 3.63) is 0 Å². The van der Waals surface area contributed by atoms with Gasteiger partial charge in [-0.1, -0.05) is 6.92 Å². The first kappa shape index (κ1) is 12.4. The highest BCUT2D eigenvalue weighted by atomic mass is 16.6. The van der Waals surface area contributed by atoms with Crippen molar-refractivity contribution in [2.45, 2.75) is 19.4 Å². The summed E-state index contributed by atoms with van der Waals surface area (Å²) in [6.07, 6.45) is 0.531. The van der Waals surface area contributed by atoms with Crippen LogP contribution in [0.5, 0.6) is 0 Å². The summed E-state index contributed by atoms with van der Waals surface area (Å²) in [5, 5.41) is 5.93. The van der Waals surface area contributed by atoms with Crippen LogP contribution < -0.4 is 10.6 Å². The lowest BCUT2D eigenvalue weighted by Gasteiger charge is -2.23. The van der Waals surface area contributed by atoms with Gasteiger partial charge < -0.3 is 20.1 Å². The van der Waals surface area contributed by atoms with Crippen LogP contribution in [0.2, 0.25) is 0 Å². The van der Waals surface area contributed by atoms with E-state index >= 15 is 0 Å². The average molecular weight is 216 g/mol. The molecule has 0 saturated carbocycles. The summed E-state index contributed by atoms with van der Waals surface area (Å²) in [5.41, 5.74) is 0. The van der Waals surface area contributed by atoms with Crippen LogP contribution in [0.25, 0.3) is 0 Å². The molecular weight excluding hydrogens is 196 g/mol. The van der Waals surface area contributed by atoms with Crippen LogP contribution in [0.1, 0.15) is 13.3 Å². The van der Waals surface area contributed by atoms with Gasteiger partial charge in [-0.15, -0.1) is 0 Å². The minimum Gasteiger partial charge on any atom is -0.376 e. The molecule has 2 N–H and O–H groups in total. The van der Waals surface area contributed by atoms with E-state index in [1.807, 2.05) is 6.92 Å². The van der Waals surface area contributed by atoms with Crippen molar-refractivity contribution in [1.29, 1.82) is 0 Å². The van der Waals surface area contributed by atoms with E-state index in [-0.39, 0.29) is 12.0 Å². The molecule has 0 bridgehead atoms. The van der Waals surface area contributed by atoms with E-state index in [1.54, 1.807) is 0 Å². The lowest BCUT2D eigenvalue weighted by Crippen LogP contribution is -2.40.